The van der Waals surface area contributed by atoms with Crippen LogP contribution in [0.4, 0.5) is 4.39 Å². The molecule has 1 heterocycles. The van der Waals surface area contributed by atoms with Gasteiger partial charge in [-0.2, -0.15) is 0 Å². The lowest BCUT2D eigenvalue weighted by atomic mass is 9.93. The zero-order chi connectivity index (χ0) is 11.5. The summed E-state index contributed by atoms with van der Waals surface area (Å²) in [5.74, 6) is -0.0737. The van der Waals surface area contributed by atoms with Gasteiger partial charge in [-0.1, -0.05) is 12.1 Å². The van der Waals surface area contributed by atoms with Crippen LogP contribution in [0.15, 0.2) is 24.3 Å². The van der Waals surface area contributed by atoms with Gasteiger partial charge in [0.1, 0.15) is 11.6 Å². The number of hydrogen-bond acceptors (Lipinski definition) is 2. The largest absolute Gasteiger partial charge is 0.378 e. The zero-order valence-electron chi connectivity index (χ0n) is 9.28. The predicted octanol–water partition coefficient (Wildman–Crippen LogP) is 2.36. The van der Waals surface area contributed by atoms with Crippen LogP contribution in [-0.4, -0.2) is 18.5 Å². The molecule has 0 saturated carbocycles. The van der Waals surface area contributed by atoms with Crippen LogP contribution in [-0.2, 0) is 16.0 Å². The molecule has 1 aromatic rings. The summed E-state index contributed by atoms with van der Waals surface area (Å²) < 4.78 is 18.0. The van der Waals surface area contributed by atoms with Gasteiger partial charge in [0, 0.05) is 18.9 Å². The second-order valence-corrected chi connectivity index (χ2v) is 4.24. The third-order valence-electron chi connectivity index (χ3n) is 3.08. The van der Waals surface area contributed by atoms with Crippen LogP contribution in [0.25, 0.3) is 0 Å². The number of halogens is 1. The van der Waals surface area contributed by atoms with Crippen molar-refractivity contribution in [2.75, 3.05) is 6.61 Å². The molecule has 0 bridgehead atoms. The van der Waals surface area contributed by atoms with Crippen molar-refractivity contribution in [3.63, 3.8) is 0 Å². The second-order valence-electron chi connectivity index (χ2n) is 4.24. The van der Waals surface area contributed by atoms with Crippen molar-refractivity contribution in [2.24, 2.45) is 5.92 Å². The van der Waals surface area contributed by atoms with E-state index in [1.807, 2.05) is 6.92 Å². The molecule has 1 aliphatic heterocycles. The molecule has 1 fully saturated rings. The van der Waals surface area contributed by atoms with E-state index in [1.54, 1.807) is 12.1 Å². The minimum atomic E-state index is -0.270. The van der Waals surface area contributed by atoms with Crippen LogP contribution >= 0.6 is 0 Å². The Kier molecular flexibility index (Phi) is 3.34. The van der Waals surface area contributed by atoms with E-state index in [2.05, 4.69) is 0 Å². The Morgan fingerprint density at radius 3 is 2.69 bits per heavy atom. The van der Waals surface area contributed by atoms with Crippen LogP contribution in [0.2, 0.25) is 0 Å². The number of hydrogen-bond donors (Lipinski definition) is 0. The highest BCUT2D eigenvalue weighted by Gasteiger charge is 2.30. The van der Waals surface area contributed by atoms with E-state index in [4.69, 9.17) is 4.74 Å². The van der Waals surface area contributed by atoms with E-state index in [9.17, 15) is 9.18 Å². The van der Waals surface area contributed by atoms with Gasteiger partial charge in [-0.05, 0) is 31.0 Å². The maximum Gasteiger partial charge on any atom is 0.142 e. The lowest BCUT2D eigenvalue weighted by Crippen LogP contribution is -2.23. The van der Waals surface area contributed by atoms with Gasteiger partial charge in [-0.3, -0.25) is 4.79 Å². The van der Waals surface area contributed by atoms with Gasteiger partial charge in [-0.25, -0.2) is 4.39 Å². The van der Waals surface area contributed by atoms with Crippen LogP contribution in [0.5, 0.6) is 0 Å². The molecule has 2 nitrogen and oxygen atoms in total. The van der Waals surface area contributed by atoms with Gasteiger partial charge in [0.15, 0.2) is 0 Å². The van der Waals surface area contributed by atoms with Crippen LogP contribution in [0.1, 0.15) is 18.9 Å². The number of ether oxygens (including phenoxy) is 1. The Labute approximate surface area is 94.4 Å². The van der Waals surface area contributed by atoms with Crippen LogP contribution in [0.3, 0.4) is 0 Å². The molecular formula is C13H15FO2. The lowest BCUT2D eigenvalue weighted by molar-refractivity contribution is -0.123. The Bertz CT molecular complexity index is 372. The number of rotatable bonds is 3. The van der Waals surface area contributed by atoms with Crippen molar-refractivity contribution in [1.82, 2.24) is 0 Å². The third-order valence-corrected chi connectivity index (χ3v) is 3.08. The molecule has 0 radical (unpaired) electrons. The molecule has 0 aromatic heterocycles. The molecule has 16 heavy (non-hydrogen) atoms. The standard InChI is InChI=1S/C13H15FO2/c1-9-12(6-7-16-9)13(15)8-10-2-4-11(14)5-3-10/h2-5,9,12H,6-8H2,1H3. The summed E-state index contributed by atoms with van der Waals surface area (Å²) >= 11 is 0. The molecule has 1 aromatic carbocycles. The SMILES string of the molecule is CC1OCCC1C(=O)Cc1ccc(F)cc1. The molecule has 2 unspecified atom stereocenters. The first-order chi connectivity index (χ1) is 7.66. The molecule has 3 heteroatoms. The Morgan fingerprint density at radius 1 is 1.44 bits per heavy atom. The van der Waals surface area contributed by atoms with Gasteiger partial charge in [-0.15, -0.1) is 0 Å². The van der Waals surface area contributed by atoms with Crippen LogP contribution < -0.4 is 0 Å². The maximum atomic E-state index is 12.7. The molecular weight excluding hydrogens is 207 g/mol. The summed E-state index contributed by atoms with van der Waals surface area (Å²) in [5, 5.41) is 0. The molecule has 2 rings (SSSR count). The third kappa shape index (κ3) is 2.47. The molecule has 1 saturated heterocycles. The average molecular weight is 222 g/mol. The Morgan fingerprint density at radius 2 is 2.12 bits per heavy atom. The summed E-state index contributed by atoms with van der Waals surface area (Å²) in [6.45, 7) is 2.60. The summed E-state index contributed by atoms with van der Waals surface area (Å²) in [7, 11) is 0. The van der Waals surface area contributed by atoms with Crippen molar-refractivity contribution in [2.45, 2.75) is 25.9 Å². The van der Waals surface area contributed by atoms with Crippen LogP contribution in [0, 0.1) is 11.7 Å². The van der Waals surface area contributed by atoms with Crippen molar-refractivity contribution in [3.8, 4) is 0 Å². The first-order valence-corrected chi connectivity index (χ1v) is 5.55. The molecule has 0 spiro atoms. The Balaban J connectivity index is 1.99. The highest BCUT2D eigenvalue weighted by Crippen LogP contribution is 2.22. The molecule has 0 N–H and O–H groups in total. The minimum absolute atomic E-state index is 0.00468. The van der Waals surface area contributed by atoms with E-state index in [-0.39, 0.29) is 23.6 Å². The van der Waals surface area contributed by atoms with Gasteiger partial charge in [0.05, 0.1) is 6.10 Å². The lowest BCUT2D eigenvalue weighted by Gasteiger charge is -2.12. The normalized spacial score (nSPS) is 24.6. The van der Waals surface area contributed by atoms with E-state index in [0.29, 0.717) is 13.0 Å². The summed E-state index contributed by atoms with van der Waals surface area (Å²) in [4.78, 5) is 11.9. The number of carbonyl (C=O) groups is 1. The van der Waals surface area contributed by atoms with Gasteiger partial charge < -0.3 is 4.74 Å². The fraction of sp³-hybridized carbons (Fsp3) is 0.462. The molecule has 2 atom stereocenters. The maximum absolute atomic E-state index is 12.7. The molecule has 86 valence electrons. The average Bonchev–Trinajstić information content (AvgIpc) is 2.68. The highest BCUT2D eigenvalue weighted by molar-refractivity contribution is 5.84. The smallest absolute Gasteiger partial charge is 0.142 e. The van der Waals surface area contributed by atoms with E-state index in [1.165, 1.54) is 12.1 Å². The predicted molar refractivity (Wildman–Crippen MR) is 58.6 cm³/mol. The van der Waals surface area contributed by atoms with Gasteiger partial charge in [0.2, 0.25) is 0 Å². The monoisotopic (exact) mass is 222 g/mol. The summed E-state index contributed by atoms with van der Waals surface area (Å²) in [6, 6.07) is 6.09. The summed E-state index contributed by atoms with van der Waals surface area (Å²) in [6.07, 6.45) is 1.20. The topological polar surface area (TPSA) is 26.3 Å². The molecule has 1 aliphatic rings. The Hall–Kier alpha value is -1.22. The van der Waals surface area contributed by atoms with Gasteiger partial charge >= 0.3 is 0 Å². The first-order valence-electron chi connectivity index (χ1n) is 5.55. The molecule has 0 aliphatic carbocycles. The minimum Gasteiger partial charge on any atom is -0.378 e. The fourth-order valence-corrected chi connectivity index (χ4v) is 2.09. The van der Waals surface area contributed by atoms with E-state index >= 15 is 0 Å². The molecule has 0 amide bonds. The summed E-state index contributed by atoms with van der Waals surface area (Å²) in [5.41, 5.74) is 0.866. The number of Topliss-reactive ketones (excluding diaryl/α,β-unsaturated/α-hetero) is 1. The fourth-order valence-electron chi connectivity index (χ4n) is 2.09. The van der Waals surface area contributed by atoms with Crippen molar-refractivity contribution >= 4 is 5.78 Å². The number of ketones is 1. The number of benzene rings is 1. The highest BCUT2D eigenvalue weighted by atomic mass is 19.1. The second kappa shape index (κ2) is 4.74. The van der Waals surface area contributed by atoms with E-state index in [0.717, 1.165) is 12.0 Å². The zero-order valence-corrected chi connectivity index (χ0v) is 9.28. The quantitative estimate of drug-likeness (QED) is 0.784. The van der Waals surface area contributed by atoms with Crippen molar-refractivity contribution < 1.29 is 13.9 Å². The van der Waals surface area contributed by atoms with Gasteiger partial charge in [0.25, 0.3) is 0 Å². The first kappa shape index (κ1) is 11.3. The van der Waals surface area contributed by atoms with E-state index < -0.39 is 0 Å². The van der Waals surface area contributed by atoms with Crippen molar-refractivity contribution in [3.05, 3.63) is 35.6 Å². The number of carbonyl (C=O) groups excluding carboxylic acids is 1. The van der Waals surface area contributed by atoms with Crippen molar-refractivity contribution in [1.29, 1.82) is 0 Å².